The average Bonchev–Trinajstić information content (AvgIpc) is 2.22. The van der Waals surface area contributed by atoms with Crippen molar-refractivity contribution < 1.29 is 4.39 Å². The molecule has 2 atom stereocenters. The normalized spacial score (nSPS) is 29.3. The van der Waals surface area contributed by atoms with E-state index in [4.69, 9.17) is 17.3 Å². The van der Waals surface area contributed by atoms with Crippen LogP contribution in [0.3, 0.4) is 0 Å². The topological polar surface area (TPSA) is 26.0 Å². The highest BCUT2D eigenvalue weighted by Crippen LogP contribution is 2.34. The summed E-state index contributed by atoms with van der Waals surface area (Å²) < 4.78 is 13.2. The molecule has 0 spiro atoms. The third-order valence-corrected chi connectivity index (χ3v) is 4.05. The Morgan fingerprint density at radius 2 is 2.29 bits per heavy atom. The fourth-order valence-electron chi connectivity index (χ4n) is 2.92. The Balaban J connectivity index is 2.16. The Morgan fingerprint density at radius 3 is 3.00 bits per heavy atom. The first-order chi connectivity index (χ1) is 7.98. The van der Waals surface area contributed by atoms with E-state index < -0.39 is 0 Å². The van der Waals surface area contributed by atoms with Gasteiger partial charge in [0.1, 0.15) is 5.82 Å². The summed E-state index contributed by atoms with van der Waals surface area (Å²) in [7, 11) is 0. The van der Waals surface area contributed by atoms with Crippen molar-refractivity contribution >= 4 is 11.6 Å². The van der Waals surface area contributed by atoms with Crippen LogP contribution in [-0.4, -0.2) is 5.54 Å². The van der Waals surface area contributed by atoms with Gasteiger partial charge < -0.3 is 5.73 Å². The van der Waals surface area contributed by atoms with Crippen LogP contribution in [0.25, 0.3) is 0 Å². The lowest BCUT2D eigenvalue weighted by Crippen LogP contribution is -2.45. The van der Waals surface area contributed by atoms with E-state index in [2.05, 4.69) is 6.92 Å². The second-order valence-corrected chi connectivity index (χ2v) is 5.88. The van der Waals surface area contributed by atoms with Gasteiger partial charge in [0, 0.05) is 10.6 Å². The van der Waals surface area contributed by atoms with Crippen LogP contribution >= 0.6 is 11.6 Å². The van der Waals surface area contributed by atoms with Crippen LogP contribution in [0.2, 0.25) is 5.02 Å². The summed E-state index contributed by atoms with van der Waals surface area (Å²) in [6, 6.07) is 4.51. The van der Waals surface area contributed by atoms with Crippen molar-refractivity contribution in [1.29, 1.82) is 0 Å². The van der Waals surface area contributed by atoms with Gasteiger partial charge in [0.2, 0.25) is 0 Å². The van der Waals surface area contributed by atoms with Gasteiger partial charge in [-0.05, 0) is 48.9 Å². The van der Waals surface area contributed by atoms with E-state index in [1.165, 1.54) is 18.6 Å². The molecule has 3 heteroatoms. The Kier molecular flexibility index (Phi) is 3.74. The van der Waals surface area contributed by atoms with Gasteiger partial charge in [0.05, 0.1) is 0 Å². The minimum absolute atomic E-state index is 0.213. The molecule has 0 aromatic heterocycles. The molecule has 1 aromatic rings. The minimum Gasteiger partial charge on any atom is -0.325 e. The predicted molar refractivity (Wildman–Crippen MR) is 69.7 cm³/mol. The first-order valence-electron chi connectivity index (χ1n) is 6.21. The van der Waals surface area contributed by atoms with Crippen molar-refractivity contribution in [1.82, 2.24) is 0 Å². The van der Waals surface area contributed by atoms with Crippen LogP contribution in [0.4, 0.5) is 4.39 Å². The number of benzene rings is 1. The van der Waals surface area contributed by atoms with E-state index in [1.807, 2.05) is 0 Å². The van der Waals surface area contributed by atoms with E-state index in [-0.39, 0.29) is 11.4 Å². The van der Waals surface area contributed by atoms with Gasteiger partial charge in [0.15, 0.2) is 0 Å². The van der Waals surface area contributed by atoms with Crippen molar-refractivity contribution in [3.8, 4) is 0 Å². The number of hydrogen-bond acceptors (Lipinski definition) is 1. The third-order valence-electron chi connectivity index (χ3n) is 3.68. The number of hydrogen-bond donors (Lipinski definition) is 1. The van der Waals surface area contributed by atoms with Crippen LogP contribution < -0.4 is 5.73 Å². The SMILES string of the molecule is CC1CCCC(N)(Cc2cc(F)ccc2Cl)C1. The highest BCUT2D eigenvalue weighted by Gasteiger charge is 2.31. The molecule has 1 aromatic carbocycles. The molecule has 0 bridgehead atoms. The molecule has 1 aliphatic rings. The van der Waals surface area contributed by atoms with Crippen LogP contribution in [-0.2, 0) is 6.42 Å². The molecule has 0 aliphatic heterocycles. The molecule has 17 heavy (non-hydrogen) atoms. The molecular formula is C14H19ClFN. The van der Waals surface area contributed by atoms with Crippen LogP contribution in [0, 0.1) is 11.7 Å². The first kappa shape index (κ1) is 12.8. The molecule has 0 amide bonds. The van der Waals surface area contributed by atoms with Crippen molar-refractivity contribution in [3.05, 3.63) is 34.6 Å². The molecular weight excluding hydrogens is 237 g/mol. The standard InChI is InChI=1S/C14H19ClFN/c1-10-3-2-6-14(17,8-10)9-11-7-12(16)4-5-13(11)15/h4-5,7,10H,2-3,6,8-9,17H2,1H3. The molecule has 1 fully saturated rings. The maximum absolute atomic E-state index is 13.2. The van der Waals surface area contributed by atoms with Gasteiger partial charge in [-0.3, -0.25) is 0 Å². The predicted octanol–water partition coefficient (Wildman–Crippen LogP) is 3.93. The fourth-order valence-corrected chi connectivity index (χ4v) is 3.10. The Bertz CT molecular complexity index is 407. The molecule has 0 heterocycles. The van der Waals surface area contributed by atoms with E-state index in [0.29, 0.717) is 17.4 Å². The summed E-state index contributed by atoms with van der Waals surface area (Å²) >= 11 is 6.09. The number of halogens is 2. The van der Waals surface area contributed by atoms with E-state index in [1.54, 1.807) is 6.07 Å². The lowest BCUT2D eigenvalue weighted by atomic mass is 9.74. The van der Waals surface area contributed by atoms with Gasteiger partial charge >= 0.3 is 0 Å². The Labute approximate surface area is 107 Å². The smallest absolute Gasteiger partial charge is 0.123 e. The van der Waals surface area contributed by atoms with Crippen molar-refractivity contribution in [2.24, 2.45) is 11.7 Å². The van der Waals surface area contributed by atoms with Gasteiger partial charge in [-0.15, -0.1) is 0 Å². The van der Waals surface area contributed by atoms with Crippen molar-refractivity contribution in [2.45, 2.75) is 44.6 Å². The molecule has 0 saturated heterocycles. The highest BCUT2D eigenvalue weighted by atomic mass is 35.5. The monoisotopic (exact) mass is 255 g/mol. The third kappa shape index (κ3) is 3.20. The Hall–Kier alpha value is -0.600. The molecule has 1 nitrogen and oxygen atoms in total. The first-order valence-corrected chi connectivity index (χ1v) is 6.59. The summed E-state index contributed by atoms with van der Waals surface area (Å²) in [5, 5.41) is 0.620. The van der Waals surface area contributed by atoms with Crippen LogP contribution in [0.5, 0.6) is 0 Å². The molecule has 1 aliphatic carbocycles. The zero-order valence-electron chi connectivity index (χ0n) is 10.2. The average molecular weight is 256 g/mol. The maximum atomic E-state index is 13.2. The lowest BCUT2D eigenvalue weighted by molar-refractivity contribution is 0.235. The minimum atomic E-state index is -0.239. The molecule has 0 radical (unpaired) electrons. The number of rotatable bonds is 2. The van der Waals surface area contributed by atoms with Crippen molar-refractivity contribution in [3.63, 3.8) is 0 Å². The van der Waals surface area contributed by atoms with Crippen LogP contribution in [0.15, 0.2) is 18.2 Å². The zero-order chi connectivity index (χ0) is 12.5. The quantitative estimate of drug-likeness (QED) is 0.851. The van der Waals surface area contributed by atoms with E-state index >= 15 is 0 Å². The molecule has 94 valence electrons. The van der Waals surface area contributed by atoms with Gasteiger partial charge in [-0.1, -0.05) is 31.4 Å². The van der Waals surface area contributed by atoms with E-state index in [0.717, 1.165) is 24.8 Å². The second-order valence-electron chi connectivity index (χ2n) is 5.48. The zero-order valence-corrected chi connectivity index (χ0v) is 10.9. The molecule has 1 saturated carbocycles. The Morgan fingerprint density at radius 1 is 1.53 bits per heavy atom. The summed E-state index contributed by atoms with van der Waals surface area (Å²) in [4.78, 5) is 0. The van der Waals surface area contributed by atoms with Gasteiger partial charge in [-0.25, -0.2) is 4.39 Å². The van der Waals surface area contributed by atoms with Gasteiger partial charge in [0.25, 0.3) is 0 Å². The van der Waals surface area contributed by atoms with Crippen molar-refractivity contribution in [2.75, 3.05) is 0 Å². The molecule has 2 unspecified atom stereocenters. The fraction of sp³-hybridized carbons (Fsp3) is 0.571. The van der Waals surface area contributed by atoms with E-state index in [9.17, 15) is 4.39 Å². The number of nitrogens with two attached hydrogens (primary N) is 1. The lowest BCUT2D eigenvalue weighted by Gasteiger charge is -2.37. The second kappa shape index (κ2) is 4.95. The summed E-state index contributed by atoms with van der Waals surface area (Å²) in [6.07, 6.45) is 5.08. The molecule has 2 N–H and O–H groups in total. The van der Waals surface area contributed by atoms with Gasteiger partial charge in [-0.2, -0.15) is 0 Å². The summed E-state index contributed by atoms with van der Waals surface area (Å²) in [6.45, 7) is 2.23. The largest absolute Gasteiger partial charge is 0.325 e. The highest BCUT2D eigenvalue weighted by molar-refractivity contribution is 6.31. The molecule has 2 rings (SSSR count). The van der Waals surface area contributed by atoms with Crippen LogP contribution in [0.1, 0.15) is 38.2 Å². The summed E-state index contributed by atoms with van der Waals surface area (Å²) in [5.74, 6) is 0.415. The summed E-state index contributed by atoms with van der Waals surface area (Å²) in [5.41, 5.74) is 7.04. The maximum Gasteiger partial charge on any atom is 0.123 e.